The van der Waals surface area contributed by atoms with Crippen LogP contribution in [0.5, 0.6) is 5.75 Å². The average Bonchev–Trinajstić information content (AvgIpc) is 2.75. The number of benzene rings is 2. The summed E-state index contributed by atoms with van der Waals surface area (Å²) in [5, 5.41) is 17.5. The molecule has 19 heteroatoms. The molecule has 2 rings (SSSR count). The van der Waals surface area contributed by atoms with E-state index >= 15 is 0 Å². The van der Waals surface area contributed by atoms with E-state index in [1.54, 1.807) is 0 Å². The number of aromatic hydroxyl groups is 1. The van der Waals surface area contributed by atoms with Crippen molar-refractivity contribution >= 4 is 64.0 Å². The quantitative estimate of drug-likeness (QED) is 0.214. The van der Waals surface area contributed by atoms with Gasteiger partial charge in [-0.25, -0.2) is 12.6 Å². The van der Waals surface area contributed by atoms with Gasteiger partial charge in [0.05, 0.1) is 17.3 Å². The van der Waals surface area contributed by atoms with Crippen LogP contribution in [0.15, 0.2) is 62.3 Å². The molecule has 0 atom stereocenters. The predicted molar refractivity (Wildman–Crippen MR) is 128 cm³/mol. The first-order chi connectivity index (χ1) is 16.8. The summed E-state index contributed by atoms with van der Waals surface area (Å²) in [6.07, 6.45) is 2.03. The van der Waals surface area contributed by atoms with Crippen molar-refractivity contribution in [3.05, 3.63) is 48.6 Å². The molecule has 0 saturated heterocycles. The molecule has 2 aromatic carbocycles. The third-order valence-corrected chi connectivity index (χ3v) is 8.34. The lowest BCUT2D eigenvalue weighted by Crippen LogP contribution is -2.16. The zero-order chi connectivity index (χ0) is 28.4. The molecule has 0 radical (unpaired) electrons. The Morgan fingerprint density at radius 2 is 1.32 bits per heavy atom. The molecule has 4 N–H and O–H groups in total. The fourth-order valence-corrected chi connectivity index (χ4v) is 5.79. The Labute approximate surface area is 211 Å². The Kier molecular flexibility index (Phi) is 8.77. The van der Waals surface area contributed by atoms with Crippen molar-refractivity contribution in [2.45, 2.75) is 14.7 Å². The van der Waals surface area contributed by atoms with E-state index in [0.717, 1.165) is 24.3 Å². The van der Waals surface area contributed by atoms with Crippen LogP contribution in [-0.2, 0) is 44.7 Å². The van der Waals surface area contributed by atoms with E-state index in [9.17, 15) is 47.9 Å². The minimum atomic E-state index is -5.14. The molecule has 0 aliphatic carbocycles. The smallest absolute Gasteiger partial charge is 0.397 e. The second-order valence-corrected chi connectivity index (χ2v) is 12.8. The average molecular weight is 599 g/mol. The number of hydrogen-bond acceptors (Lipinski definition) is 12. The minimum absolute atomic E-state index is 0.220. The molecule has 0 amide bonds. The summed E-state index contributed by atoms with van der Waals surface area (Å²) in [4.78, 5) is -2.53. The normalized spacial score (nSPS) is 13.1. The van der Waals surface area contributed by atoms with E-state index in [1.165, 1.54) is 0 Å². The maximum Gasteiger partial charge on any atom is 0.397 e. The summed E-state index contributed by atoms with van der Waals surface area (Å²) in [5.74, 6) is -1.70. The van der Waals surface area contributed by atoms with Crippen LogP contribution in [0.4, 0.5) is 11.4 Å². The number of azo groups is 1. The van der Waals surface area contributed by atoms with Gasteiger partial charge in [0, 0.05) is 11.1 Å². The Hall–Kier alpha value is -3.04. The summed E-state index contributed by atoms with van der Waals surface area (Å²) in [6.45, 7) is 5.80. The van der Waals surface area contributed by atoms with Gasteiger partial charge in [0.25, 0.3) is 20.2 Å². The van der Waals surface area contributed by atoms with Crippen molar-refractivity contribution in [3.8, 4) is 5.75 Å². The highest BCUT2D eigenvalue weighted by molar-refractivity contribution is 7.91. The van der Waals surface area contributed by atoms with Crippen molar-refractivity contribution in [2.75, 3.05) is 12.4 Å². The van der Waals surface area contributed by atoms with Crippen LogP contribution in [0.1, 0.15) is 11.1 Å². The molecule has 0 spiro atoms. The number of rotatable bonds is 11. The Morgan fingerprint density at radius 3 is 1.81 bits per heavy atom. The van der Waals surface area contributed by atoms with E-state index in [1.807, 2.05) is 0 Å². The molecule has 0 heterocycles. The number of phenols is 1. The predicted octanol–water partition coefficient (Wildman–Crippen LogP) is 2.18. The van der Waals surface area contributed by atoms with Crippen LogP contribution in [0, 0.1) is 0 Å². The first-order valence-electron chi connectivity index (χ1n) is 9.32. The standard InChI is InChI=1S/C18H18N2O13S4/c1-3-12-13(4-2)18(21)15(10-16(12)35(24,25)26)20-19-14-6-5-11(9-17(14)36(27,28)29)34(22,23)8-7-33-37(30,31)32/h3-6,9-10,21H,1-2,7-8H2,(H,24,25,26)(H,27,28,29)(H,30,31,32). The molecular weight excluding hydrogens is 580 g/mol. The molecule has 0 aliphatic heterocycles. The molecule has 202 valence electrons. The maximum atomic E-state index is 12.4. The molecule has 0 saturated carbocycles. The van der Waals surface area contributed by atoms with Crippen LogP contribution in [0.25, 0.3) is 12.2 Å². The lowest BCUT2D eigenvalue weighted by atomic mass is 10.0. The summed E-state index contributed by atoms with van der Waals surface area (Å²) < 4.78 is 125. The van der Waals surface area contributed by atoms with Gasteiger partial charge in [-0.05, 0) is 24.3 Å². The molecular formula is C18H18N2O13S4. The molecule has 2 aromatic rings. The third-order valence-electron chi connectivity index (χ3n) is 4.43. The summed E-state index contributed by atoms with van der Waals surface area (Å²) in [6, 6.07) is 2.78. The highest BCUT2D eigenvalue weighted by Gasteiger charge is 2.24. The van der Waals surface area contributed by atoms with Crippen LogP contribution >= 0.6 is 0 Å². The van der Waals surface area contributed by atoms with Crippen LogP contribution in [0.3, 0.4) is 0 Å². The molecule has 37 heavy (non-hydrogen) atoms. The minimum Gasteiger partial charge on any atom is -0.505 e. The van der Waals surface area contributed by atoms with Crippen LogP contribution < -0.4 is 0 Å². The van der Waals surface area contributed by atoms with Gasteiger partial charge < -0.3 is 5.11 Å². The van der Waals surface area contributed by atoms with Crippen LogP contribution in [-0.4, -0.2) is 64.8 Å². The van der Waals surface area contributed by atoms with Gasteiger partial charge in [-0.2, -0.15) is 25.3 Å². The van der Waals surface area contributed by atoms with Crippen LogP contribution in [0.2, 0.25) is 0 Å². The zero-order valence-corrected chi connectivity index (χ0v) is 21.5. The molecule has 0 bridgehead atoms. The third kappa shape index (κ3) is 7.49. The van der Waals surface area contributed by atoms with Gasteiger partial charge in [0.2, 0.25) is 0 Å². The first kappa shape index (κ1) is 30.2. The van der Waals surface area contributed by atoms with E-state index in [2.05, 4.69) is 27.6 Å². The Morgan fingerprint density at radius 1 is 0.784 bits per heavy atom. The van der Waals surface area contributed by atoms with Gasteiger partial charge in [-0.15, -0.1) is 10.2 Å². The summed E-state index contributed by atoms with van der Waals surface area (Å²) in [7, 11) is -19.3. The van der Waals surface area contributed by atoms with E-state index in [4.69, 9.17) is 4.55 Å². The van der Waals surface area contributed by atoms with Crippen molar-refractivity contribution in [1.29, 1.82) is 0 Å². The number of hydrogen-bond donors (Lipinski definition) is 4. The monoisotopic (exact) mass is 598 g/mol. The molecule has 0 aromatic heterocycles. The van der Waals surface area contributed by atoms with Gasteiger partial charge in [0.15, 0.2) is 15.6 Å². The van der Waals surface area contributed by atoms with Crippen molar-refractivity contribution in [3.63, 3.8) is 0 Å². The largest absolute Gasteiger partial charge is 0.505 e. The second-order valence-electron chi connectivity index (χ2n) is 6.83. The van der Waals surface area contributed by atoms with E-state index in [-0.39, 0.29) is 11.1 Å². The second kappa shape index (κ2) is 10.8. The molecule has 15 nitrogen and oxygen atoms in total. The number of phenolic OH excluding ortho intramolecular Hbond substituents is 1. The van der Waals surface area contributed by atoms with E-state index < -0.39 is 84.6 Å². The fourth-order valence-electron chi connectivity index (χ4n) is 2.83. The maximum absolute atomic E-state index is 12.4. The number of sulfone groups is 1. The lowest BCUT2D eigenvalue weighted by Gasteiger charge is -2.11. The highest BCUT2D eigenvalue weighted by Crippen LogP contribution is 2.40. The topological polar surface area (TPSA) is 251 Å². The lowest BCUT2D eigenvalue weighted by molar-refractivity contribution is 0.284. The van der Waals surface area contributed by atoms with Crippen molar-refractivity contribution in [1.82, 2.24) is 0 Å². The fraction of sp³-hybridized carbons (Fsp3) is 0.111. The SMILES string of the molecule is C=Cc1c(S(=O)(=O)O)cc(N=Nc2ccc(S(=O)(=O)CCOS(=O)(=O)O)cc2S(=O)(=O)O)c(O)c1C=C. The van der Waals surface area contributed by atoms with Crippen molar-refractivity contribution in [2.24, 2.45) is 10.2 Å². The molecule has 0 fully saturated rings. The van der Waals surface area contributed by atoms with Gasteiger partial charge in [-0.3, -0.25) is 13.7 Å². The van der Waals surface area contributed by atoms with Gasteiger partial charge >= 0.3 is 10.4 Å². The van der Waals surface area contributed by atoms with E-state index in [0.29, 0.717) is 12.1 Å². The van der Waals surface area contributed by atoms with Gasteiger partial charge in [0.1, 0.15) is 21.2 Å². The van der Waals surface area contributed by atoms with Gasteiger partial charge in [-0.1, -0.05) is 25.3 Å². The molecule has 0 unspecified atom stereocenters. The van der Waals surface area contributed by atoms with Crippen molar-refractivity contribution < 1.29 is 56.6 Å². The molecule has 0 aliphatic rings. The number of nitrogens with zero attached hydrogens (tertiary/aromatic N) is 2. The highest BCUT2D eigenvalue weighted by atomic mass is 32.3. The first-order valence-corrected chi connectivity index (χ1v) is 15.2. The zero-order valence-electron chi connectivity index (χ0n) is 18.3. The Balaban J connectivity index is 2.64. The summed E-state index contributed by atoms with van der Waals surface area (Å²) in [5.41, 5.74) is -1.69. The Bertz CT molecular complexity index is 1730. The summed E-state index contributed by atoms with van der Waals surface area (Å²) >= 11 is 0.